The minimum Gasteiger partial charge on any atom is -0.174 e. The second-order valence-electron chi connectivity index (χ2n) is 0.339. The first-order chi connectivity index (χ1) is 2.73. The zero-order valence-electron chi connectivity index (χ0n) is 3.96. The summed E-state index contributed by atoms with van der Waals surface area (Å²) in [5, 5.41) is 0. The molecule has 0 aliphatic heterocycles. The van der Waals surface area contributed by atoms with Crippen LogP contribution in [0.1, 0.15) is 21.3 Å². The molecule has 0 saturated carbocycles. The smallest absolute Gasteiger partial charge is 0.174 e. The average molecular weight is 110 g/mol. The minimum absolute atomic E-state index is 0. The summed E-state index contributed by atoms with van der Waals surface area (Å²) >= 11 is 0. The van der Waals surface area contributed by atoms with E-state index < -0.39 is 6.08 Å². The monoisotopic (exact) mass is 110 g/mol. The molecule has 0 bridgehead atoms. The van der Waals surface area contributed by atoms with Gasteiger partial charge in [0, 0.05) is 0 Å². The lowest BCUT2D eigenvalue weighted by Crippen LogP contribution is -1.33. The second-order valence-corrected chi connectivity index (χ2v) is 0.339. The van der Waals surface area contributed by atoms with Crippen LogP contribution in [0.15, 0.2) is 12.7 Å². The van der Waals surface area contributed by atoms with E-state index in [0.717, 1.165) is 0 Å². The first-order valence-corrected chi connectivity index (χ1v) is 1.73. The molecule has 0 N–H and O–H groups in total. The molecule has 0 aliphatic rings. The van der Waals surface area contributed by atoms with Crippen LogP contribution in [0.4, 0.5) is 8.78 Å². The summed E-state index contributed by atoms with van der Waals surface area (Å²) in [6.45, 7) is 6.22. The molecule has 0 aromatic carbocycles. The topological polar surface area (TPSA) is 0 Å². The van der Waals surface area contributed by atoms with Gasteiger partial charge in [0.2, 0.25) is 0 Å². The van der Waals surface area contributed by atoms with Crippen molar-refractivity contribution in [3.05, 3.63) is 12.7 Å². The quantitative estimate of drug-likeness (QED) is 0.449. The summed E-state index contributed by atoms with van der Waals surface area (Å²) in [5.41, 5.74) is 0. The summed E-state index contributed by atoms with van der Waals surface area (Å²) in [7, 11) is 0. The van der Waals surface area contributed by atoms with E-state index in [2.05, 4.69) is 6.58 Å². The zero-order valence-corrected chi connectivity index (χ0v) is 3.96. The summed E-state index contributed by atoms with van der Waals surface area (Å²) in [4.78, 5) is 0. The van der Waals surface area contributed by atoms with Crippen molar-refractivity contribution in [2.24, 2.45) is 0 Å². The van der Waals surface area contributed by atoms with Gasteiger partial charge in [-0.1, -0.05) is 21.3 Å². The van der Waals surface area contributed by atoms with Crippen molar-refractivity contribution in [2.75, 3.05) is 0 Å². The first kappa shape index (κ1) is 16.0. The Hall–Kier alpha value is -0.400. The van der Waals surface area contributed by atoms with Crippen LogP contribution in [0.5, 0.6) is 0 Å². The molecule has 0 atom stereocenters. The van der Waals surface area contributed by atoms with Crippen molar-refractivity contribution in [3.63, 3.8) is 0 Å². The molecular formula is C5H12F2. The predicted octanol–water partition coefficient (Wildman–Crippen LogP) is 3.06. The first-order valence-electron chi connectivity index (χ1n) is 1.73. The number of hydrogen-bond acceptors (Lipinski definition) is 0. The highest BCUT2D eigenvalue weighted by atomic mass is 19.3. The molecule has 0 radical (unpaired) electrons. The summed E-state index contributed by atoms with van der Waals surface area (Å²) in [5.74, 6) is 0. The molecule has 0 spiro atoms. The maximum atomic E-state index is 10.1. The Morgan fingerprint density at radius 1 is 1.29 bits per heavy atom. The Kier molecular flexibility index (Phi) is 40.0. The van der Waals surface area contributed by atoms with E-state index in [1.165, 1.54) is 0 Å². The lowest BCUT2D eigenvalue weighted by Gasteiger charge is -1.54. The fraction of sp³-hybridized carbons (Fsp3) is 0.600. The Balaban J connectivity index is -0.0000000480. The molecule has 0 heterocycles. The molecule has 0 fully saturated rings. The zero-order chi connectivity index (χ0) is 5.58. The lowest BCUT2D eigenvalue weighted by atomic mass is 11.0. The summed E-state index contributed by atoms with van der Waals surface area (Å²) in [6.07, 6.45) is -1.83. The molecule has 0 nitrogen and oxygen atoms in total. The van der Waals surface area contributed by atoms with Crippen molar-refractivity contribution >= 4 is 0 Å². The van der Waals surface area contributed by atoms with Crippen molar-refractivity contribution in [3.8, 4) is 0 Å². The van der Waals surface area contributed by atoms with Crippen LogP contribution in [-0.2, 0) is 0 Å². The highest BCUT2D eigenvalue weighted by Crippen LogP contribution is 1.85. The lowest BCUT2D eigenvalue weighted by molar-refractivity contribution is 0.426. The molecular weight excluding hydrogens is 98.1 g/mol. The maximum absolute atomic E-state index is 10.1. The van der Waals surface area contributed by atoms with E-state index in [0.29, 0.717) is 0 Å². The van der Waals surface area contributed by atoms with Crippen LogP contribution < -0.4 is 0 Å². The van der Waals surface area contributed by atoms with Gasteiger partial charge in [-0.25, -0.2) is 0 Å². The highest BCUT2D eigenvalue weighted by Gasteiger charge is 1.65. The van der Waals surface area contributed by atoms with E-state index in [9.17, 15) is 8.78 Å². The van der Waals surface area contributed by atoms with Gasteiger partial charge in [-0.15, -0.1) is 0 Å². The SMILES string of the molecule is C.C=C(F)F.CC. The standard InChI is InChI=1S/C2H2F2.C2H6.CH4/c1-2(3)4;1-2;/h1H2;1-2H3;1H4. The van der Waals surface area contributed by atoms with Gasteiger partial charge >= 0.3 is 0 Å². The van der Waals surface area contributed by atoms with E-state index in [-0.39, 0.29) is 7.43 Å². The molecule has 2 heteroatoms. The number of halogens is 2. The minimum atomic E-state index is -1.83. The molecule has 0 saturated heterocycles. The molecule has 0 unspecified atom stereocenters. The van der Waals surface area contributed by atoms with Gasteiger partial charge in [0.05, 0.1) is 0 Å². The van der Waals surface area contributed by atoms with Gasteiger partial charge in [-0.2, -0.15) is 8.78 Å². The summed E-state index contributed by atoms with van der Waals surface area (Å²) < 4.78 is 20.3. The largest absolute Gasteiger partial charge is 0.263 e. The number of rotatable bonds is 0. The molecule has 7 heavy (non-hydrogen) atoms. The van der Waals surface area contributed by atoms with Crippen molar-refractivity contribution in [2.45, 2.75) is 21.3 Å². The Morgan fingerprint density at radius 3 is 1.29 bits per heavy atom. The van der Waals surface area contributed by atoms with Gasteiger partial charge in [0.15, 0.2) is 0 Å². The number of hydrogen-bond donors (Lipinski definition) is 0. The third-order valence-electron chi connectivity index (χ3n) is 0. The van der Waals surface area contributed by atoms with E-state index in [1.807, 2.05) is 13.8 Å². The predicted molar refractivity (Wildman–Crippen MR) is 29.4 cm³/mol. The van der Waals surface area contributed by atoms with Gasteiger partial charge < -0.3 is 0 Å². The van der Waals surface area contributed by atoms with Gasteiger partial charge in [0.25, 0.3) is 6.08 Å². The second kappa shape index (κ2) is 17.5. The van der Waals surface area contributed by atoms with Crippen molar-refractivity contribution in [1.82, 2.24) is 0 Å². The van der Waals surface area contributed by atoms with Gasteiger partial charge in [-0.05, 0) is 6.58 Å². The van der Waals surface area contributed by atoms with Crippen LogP contribution in [-0.4, -0.2) is 0 Å². The van der Waals surface area contributed by atoms with E-state index >= 15 is 0 Å². The molecule has 0 aliphatic carbocycles. The Morgan fingerprint density at radius 2 is 1.29 bits per heavy atom. The fourth-order valence-corrected chi connectivity index (χ4v) is 0. The van der Waals surface area contributed by atoms with Crippen molar-refractivity contribution in [1.29, 1.82) is 0 Å². The molecule has 46 valence electrons. The molecule has 0 aromatic heterocycles. The Labute approximate surface area is 43.9 Å². The van der Waals surface area contributed by atoms with E-state index in [4.69, 9.17) is 0 Å². The Bertz CT molecular complexity index is 29.1. The van der Waals surface area contributed by atoms with Crippen LogP contribution in [0.25, 0.3) is 0 Å². The maximum Gasteiger partial charge on any atom is 0.263 e. The van der Waals surface area contributed by atoms with Crippen LogP contribution in [0.3, 0.4) is 0 Å². The van der Waals surface area contributed by atoms with Gasteiger partial charge in [0.1, 0.15) is 0 Å². The molecule has 0 amide bonds. The summed E-state index contributed by atoms with van der Waals surface area (Å²) in [6, 6.07) is 0. The van der Waals surface area contributed by atoms with Crippen LogP contribution in [0, 0.1) is 0 Å². The molecule has 0 rings (SSSR count). The fourth-order valence-electron chi connectivity index (χ4n) is 0. The highest BCUT2D eigenvalue weighted by molar-refractivity contribution is 4.57. The van der Waals surface area contributed by atoms with Crippen LogP contribution in [0.2, 0.25) is 0 Å². The van der Waals surface area contributed by atoms with E-state index in [1.54, 1.807) is 0 Å². The average Bonchev–Trinajstić information content (AvgIpc) is 1.41. The van der Waals surface area contributed by atoms with Gasteiger partial charge in [-0.3, -0.25) is 0 Å². The normalized spacial score (nSPS) is 4.57. The third-order valence-corrected chi connectivity index (χ3v) is 0. The third kappa shape index (κ3) is 454. The van der Waals surface area contributed by atoms with Crippen molar-refractivity contribution < 1.29 is 8.78 Å². The van der Waals surface area contributed by atoms with Crippen LogP contribution >= 0.6 is 0 Å². The molecule has 0 aromatic rings.